The number of hydrogen-bond donors (Lipinski definition) is 2. The summed E-state index contributed by atoms with van der Waals surface area (Å²) in [5, 5.41) is 19.7. The summed E-state index contributed by atoms with van der Waals surface area (Å²) in [5.74, 6) is 0.832. The second kappa shape index (κ2) is 6.34. The highest BCUT2D eigenvalue weighted by Crippen LogP contribution is 2.56. The molecule has 0 atom stereocenters. The van der Waals surface area contributed by atoms with Crippen molar-refractivity contribution in [2.75, 3.05) is 28.4 Å². The number of phenolic OH excluding ortho intramolecular Hbond substituents is 2. The predicted octanol–water partition coefficient (Wildman–Crippen LogP) is 2.80. The van der Waals surface area contributed by atoms with Crippen LogP contribution in [-0.2, 0) is 0 Å². The van der Waals surface area contributed by atoms with Crippen LogP contribution in [-0.4, -0.2) is 38.7 Å². The van der Waals surface area contributed by atoms with Crippen LogP contribution in [0.15, 0.2) is 24.3 Å². The van der Waals surface area contributed by atoms with Crippen molar-refractivity contribution in [1.29, 1.82) is 0 Å². The lowest BCUT2D eigenvalue weighted by Crippen LogP contribution is -2.00. The molecule has 6 heteroatoms. The molecule has 2 aromatic carbocycles. The van der Waals surface area contributed by atoms with Crippen molar-refractivity contribution in [3.05, 3.63) is 24.3 Å². The highest BCUT2D eigenvalue weighted by atomic mass is 16.5. The molecule has 0 aliphatic heterocycles. The van der Waals surface area contributed by atoms with Crippen LogP contribution in [0.25, 0.3) is 11.1 Å². The van der Waals surface area contributed by atoms with E-state index in [-0.39, 0.29) is 23.0 Å². The molecule has 0 unspecified atom stereocenters. The quantitative estimate of drug-likeness (QED) is 0.884. The maximum atomic E-state index is 10.3. The van der Waals surface area contributed by atoms with Crippen LogP contribution in [0.2, 0.25) is 0 Å². The van der Waals surface area contributed by atoms with Crippen LogP contribution in [0.5, 0.6) is 34.5 Å². The van der Waals surface area contributed by atoms with Crippen molar-refractivity contribution in [3.8, 4) is 45.6 Å². The standard InChI is InChI=1S/C16H18O6/c1-19-13-11(9-5-7-10(17)8-6-9)14(20-2)16(22-4)12(18)15(13)21-3/h5-8,17-18H,1-4H3. The van der Waals surface area contributed by atoms with Crippen LogP contribution in [0.4, 0.5) is 0 Å². The fraction of sp³-hybridized carbons (Fsp3) is 0.250. The van der Waals surface area contributed by atoms with Gasteiger partial charge < -0.3 is 29.2 Å². The zero-order valence-corrected chi connectivity index (χ0v) is 12.8. The van der Waals surface area contributed by atoms with E-state index in [0.717, 1.165) is 0 Å². The molecular formula is C16H18O6. The maximum absolute atomic E-state index is 10.3. The molecule has 0 bridgehead atoms. The van der Waals surface area contributed by atoms with Gasteiger partial charge in [0.15, 0.2) is 11.5 Å². The molecule has 0 fully saturated rings. The minimum absolute atomic E-state index is 0.138. The third-order valence-corrected chi connectivity index (χ3v) is 3.27. The smallest absolute Gasteiger partial charge is 0.208 e. The van der Waals surface area contributed by atoms with Crippen molar-refractivity contribution >= 4 is 0 Å². The second-order valence-corrected chi connectivity index (χ2v) is 4.40. The lowest BCUT2D eigenvalue weighted by molar-refractivity contribution is 0.300. The van der Waals surface area contributed by atoms with Gasteiger partial charge in [-0.25, -0.2) is 0 Å². The number of phenols is 2. The van der Waals surface area contributed by atoms with Gasteiger partial charge in [-0.15, -0.1) is 0 Å². The second-order valence-electron chi connectivity index (χ2n) is 4.40. The molecule has 2 rings (SSSR count). The lowest BCUT2D eigenvalue weighted by Gasteiger charge is -2.20. The monoisotopic (exact) mass is 306 g/mol. The van der Waals surface area contributed by atoms with Gasteiger partial charge in [-0.2, -0.15) is 0 Å². The predicted molar refractivity (Wildman–Crippen MR) is 81.4 cm³/mol. The van der Waals surface area contributed by atoms with E-state index in [9.17, 15) is 10.2 Å². The summed E-state index contributed by atoms with van der Waals surface area (Å²) in [6.07, 6.45) is 0. The largest absolute Gasteiger partial charge is 0.508 e. The molecule has 2 N–H and O–H groups in total. The van der Waals surface area contributed by atoms with Crippen molar-refractivity contribution in [3.63, 3.8) is 0 Å². The van der Waals surface area contributed by atoms with Gasteiger partial charge in [0.25, 0.3) is 0 Å². The summed E-state index contributed by atoms with van der Waals surface area (Å²) in [5.41, 5.74) is 1.26. The van der Waals surface area contributed by atoms with Crippen molar-refractivity contribution in [2.24, 2.45) is 0 Å². The fourth-order valence-electron chi connectivity index (χ4n) is 2.31. The Morgan fingerprint density at radius 2 is 1.05 bits per heavy atom. The SMILES string of the molecule is COc1c(O)c(OC)c(OC)c(-c2ccc(O)cc2)c1OC. The molecular weight excluding hydrogens is 288 g/mol. The number of rotatable bonds is 5. The van der Waals surface area contributed by atoms with Crippen LogP contribution in [0.3, 0.4) is 0 Å². The van der Waals surface area contributed by atoms with E-state index in [1.54, 1.807) is 24.3 Å². The van der Waals surface area contributed by atoms with Gasteiger partial charge in [0.05, 0.1) is 34.0 Å². The Balaban J connectivity index is 2.87. The van der Waals surface area contributed by atoms with Gasteiger partial charge in [-0.1, -0.05) is 12.1 Å². The lowest BCUT2D eigenvalue weighted by atomic mass is 10.0. The van der Waals surface area contributed by atoms with Gasteiger partial charge >= 0.3 is 0 Å². The van der Waals surface area contributed by atoms with E-state index >= 15 is 0 Å². The molecule has 0 aliphatic rings. The molecule has 0 radical (unpaired) electrons. The topological polar surface area (TPSA) is 77.4 Å². The minimum atomic E-state index is -0.207. The Morgan fingerprint density at radius 3 is 1.41 bits per heavy atom. The third-order valence-electron chi connectivity index (χ3n) is 3.27. The van der Waals surface area contributed by atoms with Crippen molar-refractivity contribution in [1.82, 2.24) is 0 Å². The molecule has 0 aromatic heterocycles. The minimum Gasteiger partial charge on any atom is -0.508 e. The molecule has 0 spiro atoms. The van der Waals surface area contributed by atoms with Gasteiger partial charge in [0.2, 0.25) is 17.2 Å². The van der Waals surface area contributed by atoms with Gasteiger partial charge in [0, 0.05) is 0 Å². The average molecular weight is 306 g/mol. The molecule has 0 saturated heterocycles. The van der Waals surface area contributed by atoms with Gasteiger partial charge in [-0.3, -0.25) is 0 Å². The van der Waals surface area contributed by atoms with E-state index in [2.05, 4.69) is 0 Å². The van der Waals surface area contributed by atoms with Gasteiger partial charge in [-0.05, 0) is 17.7 Å². The maximum Gasteiger partial charge on any atom is 0.208 e. The molecule has 118 valence electrons. The first-order chi connectivity index (χ1) is 10.6. The first-order valence-corrected chi connectivity index (χ1v) is 6.47. The highest BCUT2D eigenvalue weighted by molar-refractivity contribution is 5.86. The Morgan fingerprint density at radius 1 is 0.636 bits per heavy atom. The number of benzene rings is 2. The molecule has 0 aliphatic carbocycles. The summed E-state index contributed by atoms with van der Waals surface area (Å²) in [7, 11) is 5.77. The van der Waals surface area contributed by atoms with E-state index in [1.807, 2.05) is 0 Å². The zero-order valence-electron chi connectivity index (χ0n) is 12.8. The molecule has 2 aromatic rings. The Labute approximate surface area is 128 Å². The van der Waals surface area contributed by atoms with Crippen molar-refractivity contribution < 1.29 is 29.2 Å². The van der Waals surface area contributed by atoms with E-state index in [4.69, 9.17) is 18.9 Å². The normalized spacial score (nSPS) is 10.2. The van der Waals surface area contributed by atoms with E-state index in [0.29, 0.717) is 22.6 Å². The number of methoxy groups -OCH3 is 4. The highest BCUT2D eigenvalue weighted by Gasteiger charge is 2.28. The average Bonchev–Trinajstić information content (AvgIpc) is 2.54. The number of hydrogen-bond acceptors (Lipinski definition) is 6. The summed E-state index contributed by atoms with van der Waals surface area (Å²) in [6.45, 7) is 0. The summed E-state index contributed by atoms with van der Waals surface area (Å²) >= 11 is 0. The first kappa shape index (κ1) is 15.6. The fourth-order valence-corrected chi connectivity index (χ4v) is 2.31. The third kappa shape index (κ3) is 2.43. The molecule has 22 heavy (non-hydrogen) atoms. The van der Waals surface area contributed by atoms with Crippen LogP contribution in [0.1, 0.15) is 0 Å². The van der Waals surface area contributed by atoms with Crippen LogP contribution < -0.4 is 18.9 Å². The Kier molecular flexibility index (Phi) is 4.50. The number of aromatic hydroxyl groups is 2. The Hall–Kier alpha value is -2.76. The summed E-state index contributed by atoms with van der Waals surface area (Å²) in [4.78, 5) is 0. The summed E-state index contributed by atoms with van der Waals surface area (Å²) < 4.78 is 21.3. The summed E-state index contributed by atoms with van der Waals surface area (Å²) in [6, 6.07) is 6.48. The molecule has 0 heterocycles. The van der Waals surface area contributed by atoms with E-state index in [1.165, 1.54) is 28.4 Å². The van der Waals surface area contributed by atoms with Gasteiger partial charge in [0.1, 0.15) is 5.75 Å². The molecule has 0 amide bonds. The van der Waals surface area contributed by atoms with Crippen molar-refractivity contribution in [2.45, 2.75) is 0 Å². The molecule has 6 nitrogen and oxygen atoms in total. The van der Waals surface area contributed by atoms with Crippen LogP contribution in [0, 0.1) is 0 Å². The number of ether oxygens (including phenoxy) is 4. The first-order valence-electron chi connectivity index (χ1n) is 6.47. The van der Waals surface area contributed by atoms with Crippen LogP contribution >= 0.6 is 0 Å². The molecule has 0 saturated carbocycles. The Bertz CT molecular complexity index is 630. The zero-order chi connectivity index (χ0) is 16.3. The van der Waals surface area contributed by atoms with E-state index < -0.39 is 0 Å².